The van der Waals surface area contributed by atoms with E-state index < -0.39 is 0 Å². The van der Waals surface area contributed by atoms with Crippen LogP contribution in [0, 0.1) is 0 Å². The van der Waals surface area contributed by atoms with Gasteiger partial charge in [0.2, 0.25) is 5.91 Å². The van der Waals surface area contributed by atoms with Crippen molar-refractivity contribution in [2.24, 2.45) is 5.10 Å². The third-order valence-corrected chi connectivity index (χ3v) is 4.67. The fourth-order valence-corrected chi connectivity index (χ4v) is 3.33. The zero-order valence-corrected chi connectivity index (χ0v) is 16.5. The lowest BCUT2D eigenvalue weighted by Crippen LogP contribution is -2.19. The molecule has 0 bridgehead atoms. The minimum atomic E-state index is -0.219. The van der Waals surface area contributed by atoms with Crippen molar-refractivity contribution in [3.63, 3.8) is 0 Å². The van der Waals surface area contributed by atoms with Crippen LogP contribution < -0.4 is 14.9 Å². The molecule has 1 heterocycles. The lowest BCUT2D eigenvalue weighted by Gasteiger charge is -2.09. The second-order valence-corrected chi connectivity index (χ2v) is 6.75. The Morgan fingerprint density at radius 3 is 2.79 bits per heavy atom. The Bertz CT molecular complexity index is 955. The van der Waals surface area contributed by atoms with Crippen LogP contribution in [0.15, 0.2) is 59.0 Å². The van der Waals surface area contributed by atoms with Crippen LogP contribution in [-0.4, -0.2) is 30.8 Å². The van der Waals surface area contributed by atoms with Gasteiger partial charge in [-0.1, -0.05) is 30.3 Å². The van der Waals surface area contributed by atoms with E-state index in [1.165, 1.54) is 11.3 Å². The van der Waals surface area contributed by atoms with E-state index >= 15 is 0 Å². The molecule has 0 unspecified atom stereocenters. The highest BCUT2D eigenvalue weighted by molar-refractivity contribution is 7.10. The maximum absolute atomic E-state index is 12.1. The van der Waals surface area contributed by atoms with Crippen molar-refractivity contribution in [1.29, 1.82) is 0 Å². The van der Waals surface area contributed by atoms with E-state index in [0.29, 0.717) is 18.1 Å². The van der Waals surface area contributed by atoms with E-state index in [-0.39, 0.29) is 12.3 Å². The number of rotatable bonds is 8. The van der Waals surface area contributed by atoms with Crippen LogP contribution in [-0.2, 0) is 11.2 Å². The van der Waals surface area contributed by atoms with Crippen LogP contribution in [0.25, 0.3) is 11.3 Å². The summed E-state index contributed by atoms with van der Waals surface area (Å²) in [7, 11) is 1.58. The number of carbonyl (C=O) groups is 1. The number of nitrogens with one attached hydrogen (secondary N) is 1. The minimum Gasteiger partial charge on any atom is -0.493 e. The van der Waals surface area contributed by atoms with Gasteiger partial charge >= 0.3 is 0 Å². The van der Waals surface area contributed by atoms with Gasteiger partial charge in [0.15, 0.2) is 11.5 Å². The molecule has 0 aliphatic rings. The summed E-state index contributed by atoms with van der Waals surface area (Å²) < 4.78 is 10.8. The summed E-state index contributed by atoms with van der Waals surface area (Å²) in [5.41, 5.74) is 5.23. The van der Waals surface area contributed by atoms with Crippen molar-refractivity contribution in [3.05, 3.63) is 64.5 Å². The van der Waals surface area contributed by atoms with Crippen molar-refractivity contribution in [3.8, 4) is 22.8 Å². The molecule has 0 saturated heterocycles. The topological polar surface area (TPSA) is 72.8 Å². The molecule has 1 aromatic heterocycles. The number of amides is 1. The normalized spacial score (nSPS) is 10.8. The highest BCUT2D eigenvalue weighted by Crippen LogP contribution is 2.27. The van der Waals surface area contributed by atoms with Gasteiger partial charge in [-0.2, -0.15) is 5.10 Å². The van der Waals surface area contributed by atoms with Crippen LogP contribution in [0.1, 0.15) is 17.5 Å². The molecule has 0 aliphatic heterocycles. The molecule has 28 heavy (non-hydrogen) atoms. The quantitative estimate of drug-likeness (QED) is 0.464. The molecule has 7 heteroatoms. The van der Waals surface area contributed by atoms with Crippen LogP contribution in [0.4, 0.5) is 0 Å². The summed E-state index contributed by atoms with van der Waals surface area (Å²) in [4.78, 5) is 16.6. The summed E-state index contributed by atoms with van der Waals surface area (Å²) >= 11 is 1.46. The van der Waals surface area contributed by atoms with E-state index in [4.69, 9.17) is 9.47 Å². The number of hydrogen-bond acceptors (Lipinski definition) is 6. The highest BCUT2D eigenvalue weighted by Gasteiger charge is 2.09. The largest absolute Gasteiger partial charge is 0.493 e. The van der Waals surface area contributed by atoms with E-state index in [0.717, 1.165) is 21.8 Å². The van der Waals surface area contributed by atoms with Gasteiger partial charge < -0.3 is 9.47 Å². The van der Waals surface area contributed by atoms with Crippen LogP contribution in [0.2, 0.25) is 0 Å². The van der Waals surface area contributed by atoms with E-state index in [1.54, 1.807) is 19.4 Å². The summed E-state index contributed by atoms with van der Waals surface area (Å²) in [5, 5.41) is 6.71. The molecule has 0 saturated carbocycles. The Morgan fingerprint density at radius 2 is 2.04 bits per heavy atom. The molecule has 2 aromatic carbocycles. The van der Waals surface area contributed by atoms with Gasteiger partial charge in [0, 0.05) is 10.9 Å². The fraction of sp³-hybridized carbons (Fsp3) is 0.190. The molecular formula is C21H21N3O3S. The maximum atomic E-state index is 12.1. The van der Waals surface area contributed by atoms with E-state index in [1.807, 2.05) is 54.8 Å². The summed E-state index contributed by atoms with van der Waals surface area (Å²) in [6.07, 6.45) is 1.74. The number of hydrazone groups is 1. The Balaban J connectivity index is 1.56. The van der Waals surface area contributed by atoms with Crippen molar-refractivity contribution < 1.29 is 14.3 Å². The molecule has 0 fully saturated rings. The molecule has 0 atom stereocenters. The van der Waals surface area contributed by atoms with Gasteiger partial charge in [0.05, 0.1) is 32.0 Å². The predicted octanol–water partition coefficient (Wildman–Crippen LogP) is 3.91. The first-order valence-corrected chi connectivity index (χ1v) is 9.70. The average Bonchev–Trinajstić information content (AvgIpc) is 3.18. The zero-order valence-electron chi connectivity index (χ0n) is 15.7. The van der Waals surface area contributed by atoms with Gasteiger partial charge in [-0.05, 0) is 30.7 Å². The summed E-state index contributed by atoms with van der Waals surface area (Å²) in [5.74, 6) is 1.07. The molecule has 1 amide bonds. The molecule has 6 nitrogen and oxygen atoms in total. The predicted molar refractivity (Wildman–Crippen MR) is 111 cm³/mol. The molecular weight excluding hydrogens is 374 g/mol. The number of aromatic nitrogens is 1. The van der Waals surface area contributed by atoms with Crippen molar-refractivity contribution in [2.45, 2.75) is 13.3 Å². The van der Waals surface area contributed by atoms with Crippen LogP contribution in [0.5, 0.6) is 11.5 Å². The second-order valence-electron chi connectivity index (χ2n) is 5.81. The molecule has 144 valence electrons. The molecule has 0 spiro atoms. The molecule has 0 radical (unpaired) electrons. The second kappa shape index (κ2) is 9.66. The number of carbonyl (C=O) groups excluding carboxylic acids is 1. The Labute approximate surface area is 167 Å². The number of benzene rings is 2. The van der Waals surface area contributed by atoms with E-state index in [9.17, 15) is 4.79 Å². The monoisotopic (exact) mass is 395 g/mol. The van der Waals surface area contributed by atoms with Gasteiger partial charge in [-0.25, -0.2) is 10.4 Å². The first kappa shape index (κ1) is 19.6. The number of nitrogens with zero attached hydrogens (tertiary/aromatic N) is 2. The van der Waals surface area contributed by atoms with Crippen LogP contribution in [0.3, 0.4) is 0 Å². The van der Waals surface area contributed by atoms with Gasteiger partial charge in [-0.3, -0.25) is 4.79 Å². The third kappa shape index (κ3) is 5.17. The van der Waals surface area contributed by atoms with Crippen molar-refractivity contribution >= 4 is 23.5 Å². The standard InChI is InChI=1S/C21H21N3O3S/c1-3-27-18-10-9-15(11-19(18)26-2)13-22-24-20(25)12-21-23-17(14-28-21)16-7-5-4-6-8-16/h4-11,13-14H,3,12H2,1-2H3,(H,24,25)/b22-13-. The average molecular weight is 395 g/mol. The molecule has 0 aliphatic carbocycles. The van der Waals surface area contributed by atoms with Crippen LogP contribution >= 0.6 is 11.3 Å². The molecule has 3 aromatic rings. The zero-order chi connectivity index (χ0) is 19.8. The lowest BCUT2D eigenvalue weighted by molar-refractivity contribution is -0.120. The van der Waals surface area contributed by atoms with Crippen molar-refractivity contribution in [1.82, 2.24) is 10.4 Å². The lowest BCUT2D eigenvalue weighted by atomic mass is 10.2. The third-order valence-electron chi connectivity index (χ3n) is 3.82. The SMILES string of the molecule is CCOc1ccc(/C=N\NC(=O)Cc2nc(-c3ccccc3)cs2)cc1OC. The number of thiazole rings is 1. The van der Waals surface area contributed by atoms with Gasteiger partial charge in [0.25, 0.3) is 0 Å². The smallest absolute Gasteiger partial charge is 0.246 e. The number of ether oxygens (including phenoxy) is 2. The van der Waals surface area contributed by atoms with E-state index in [2.05, 4.69) is 15.5 Å². The van der Waals surface area contributed by atoms with Gasteiger partial charge in [-0.15, -0.1) is 11.3 Å². The first-order chi connectivity index (χ1) is 13.7. The Kier molecular flexibility index (Phi) is 6.75. The first-order valence-electron chi connectivity index (χ1n) is 8.82. The number of methoxy groups -OCH3 is 1. The summed E-state index contributed by atoms with van der Waals surface area (Å²) in [6.45, 7) is 2.47. The molecule has 3 rings (SSSR count). The Morgan fingerprint density at radius 1 is 1.21 bits per heavy atom. The Hall–Kier alpha value is -3.19. The minimum absolute atomic E-state index is 0.182. The molecule has 1 N–H and O–H groups in total. The number of hydrogen-bond donors (Lipinski definition) is 1. The maximum Gasteiger partial charge on any atom is 0.246 e. The fourth-order valence-electron chi connectivity index (χ4n) is 2.53. The van der Waals surface area contributed by atoms with Gasteiger partial charge in [0.1, 0.15) is 5.01 Å². The van der Waals surface area contributed by atoms with Crippen molar-refractivity contribution in [2.75, 3.05) is 13.7 Å². The summed E-state index contributed by atoms with van der Waals surface area (Å²) in [6, 6.07) is 15.3. The highest BCUT2D eigenvalue weighted by atomic mass is 32.1.